The highest BCUT2D eigenvalue weighted by molar-refractivity contribution is 9.10. The fourth-order valence-electron chi connectivity index (χ4n) is 2.30. The zero-order valence-electron chi connectivity index (χ0n) is 15.3. The van der Waals surface area contributed by atoms with E-state index in [0.29, 0.717) is 29.2 Å². The first-order valence-corrected chi connectivity index (χ1v) is 9.31. The van der Waals surface area contributed by atoms with E-state index in [4.69, 9.17) is 13.9 Å². The minimum Gasteiger partial charge on any atom is -0.490 e. The van der Waals surface area contributed by atoms with Crippen LogP contribution in [0.5, 0.6) is 11.5 Å². The monoisotopic (exact) mass is 440 g/mol. The Bertz CT molecular complexity index is 833. The summed E-state index contributed by atoms with van der Waals surface area (Å²) in [5, 5.41) is 14.0. The maximum absolute atomic E-state index is 12.5. The van der Waals surface area contributed by atoms with Crippen LogP contribution in [0.15, 0.2) is 27.3 Å². The van der Waals surface area contributed by atoms with Crippen molar-refractivity contribution in [2.75, 3.05) is 18.5 Å². The molecule has 2 aromatic rings. The Morgan fingerprint density at radius 2 is 1.78 bits per heavy atom. The van der Waals surface area contributed by atoms with Crippen molar-refractivity contribution in [3.8, 4) is 11.5 Å². The number of nitro groups is 1. The summed E-state index contributed by atoms with van der Waals surface area (Å²) in [6.45, 7) is 6.38. The molecule has 1 aromatic carbocycles. The summed E-state index contributed by atoms with van der Waals surface area (Å²) in [6, 6.07) is 4.31. The standard InChI is InChI=1S/C18H21BrN2O6/c1-4-6-25-14-9-12(13(21(23)24)10-15(14)26-7-5-2)20-18(22)17-11(3)8-16(19)27-17/h8-10H,4-7H2,1-3H3,(H,20,22). The van der Waals surface area contributed by atoms with Crippen molar-refractivity contribution in [1.82, 2.24) is 0 Å². The number of furan rings is 1. The van der Waals surface area contributed by atoms with Gasteiger partial charge in [0.15, 0.2) is 21.9 Å². The van der Waals surface area contributed by atoms with E-state index in [2.05, 4.69) is 21.2 Å². The first kappa shape index (κ1) is 20.8. The van der Waals surface area contributed by atoms with Crippen LogP contribution in [0.2, 0.25) is 0 Å². The van der Waals surface area contributed by atoms with E-state index in [0.717, 1.165) is 12.8 Å². The van der Waals surface area contributed by atoms with Crippen molar-refractivity contribution in [3.63, 3.8) is 0 Å². The Balaban J connectivity index is 2.41. The quantitative estimate of drug-likeness (QED) is 0.430. The largest absolute Gasteiger partial charge is 0.490 e. The predicted molar refractivity (Wildman–Crippen MR) is 104 cm³/mol. The maximum atomic E-state index is 12.5. The highest BCUT2D eigenvalue weighted by Crippen LogP contribution is 2.38. The number of aryl methyl sites for hydroxylation is 1. The van der Waals surface area contributed by atoms with Crippen molar-refractivity contribution in [2.45, 2.75) is 33.6 Å². The summed E-state index contributed by atoms with van der Waals surface area (Å²) in [5.41, 5.74) is 0.320. The van der Waals surface area contributed by atoms with E-state index < -0.39 is 10.8 Å². The van der Waals surface area contributed by atoms with Gasteiger partial charge in [0.25, 0.3) is 11.6 Å². The minimum absolute atomic E-state index is 0.00636. The summed E-state index contributed by atoms with van der Waals surface area (Å²) in [5.74, 6) is 0.0824. The Labute approximate surface area is 165 Å². The molecule has 0 aliphatic heterocycles. The third-order valence-corrected chi connectivity index (χ3v) is 3.92. The summed E-state index contributed by atoms with van der Waals surface area (Å²) >= 11 is 3.16. The van der Waals surface area contributed by atoms with Gasteiger partial charge in [-0.25, -0.2) is 0 Å². The molecule has 0 aliphatic rings. The molecular weight excluding hydrogens is 420 g/mol. The lowest BCUT2D eigenvalue weighted by Crippen LogP contribution is -2.14. The molecule has 1 N–H and O–H groups in total. The van der Waals surface area contributed by atoms with E-state index in [1.54, 1.807) is 13.0 Å². The number of nitrogens with zero attached hydrogens (tertiary/aromatic N) is 1. The molecule has 0 spiro atoms. The highest BCUT2D eigenvalue weighted by atomic mass is 79.9. The number of amides is 1. The third kappa shape index (κ3) is 5.22. The molecule has 8 nitrogen and oxygen atoms in total. The lowest BCUT2D eigenvalue weighted by Gasteiger charge is -2.14. The Morgan fingerprint density at radius 3 is 2.26 bits per heavy atom. The molecule has 2 rings (SSSR count). The molecule has 0 radical (unpaired) electrons. The van der Waals surface area contributed by atoms with Gasteiger partial charge in [-0.2, -0.15) is 0 Å². The molecule has 0 saturated carbocycles. The Hall–Kier alpha value is -2.55. The molecule has 0 saturated heterocycles. The number of ether oxygens (including phenoxy) is 2. The lowest BCUT2D eigenvalue weighted by atomic mass is 10.2. The number of nitro benzene ring substituents is 1. The first-order valence-electron chi connectivity index (χ1n) is 8.52. The number of carbonyl (C=O) groups is 1. The average Bonchev–Trinajstić information content (AvgIpc) is 2.96. The molecule has 1 aromatic heterocycles. The van der Waals surface area contributed by atoms with Crippen LogP contribution in [0.25, 0.3) is 0 Å². The van der Waals surface area contributed by atoms with Gasteiger partial charge in [-0.05, 0) is 41.8 Å². The van der Waals surface area contributed by atoms with Gasteiger partial charge < -0.3 is 19.2 Å². The van der Waals surface area contributed by atoms with Gasteiger partial charge in [-0.3, -0.25) is 14.9 Å². The maximum Gasteiger partial charge on any atom is 0.296 e. The van der Waals surface area contributed by atoms with Gasteiger partial charge in [-0.15, -0.1) is 0 Å². The predicted octanol–water partition coefficient (Wildman–Crippen LogP) is 5.09. The van der Waals surface area contributed by atoms with Crippen molar-refractivity contribution in [1.29, 1.82) is 0 Å². The minimum atomic E-state index is -0.593. The van der Waals surface area contributed by atoms with Crippen molar-refractivity contribution < 1.29 is 23.6 Å². The van der Waals surface area contributed by atoms with Crippen LogP contribution in [0.1, 0.15) is 42.8 Å². The third-order valence-electron chi connectivity index (χ3n) is 3.52. The summed E-state index contributed by atoms with van der Waals surface area (Å²) in [7, 11) is 0. The number of anilines is 1. The Kier molecular flexibility index (Phi) is 7.23. The average molecular weight is 441 g/mol. The molecule has 1 amide bonds. The molecule has 0 fully saturated rings. The van der Waals surface area contributed by atoms with Crippen LogP contribution in [0.3, 0.4) is 0 Å². The number of hydrogen-bond donors (Lipinski definition) is 1. The molecule has 0 bridgehead atoms. The van der Waals surface area contributed by atoms with Crippen molar-refractivity contribution >= 4 is 33.2 Å². The second kappa shape index (κ2) is 9.40. The molecule has 27 heavy (non-hydrogen) atoms. The second-order valence-electron chi connectivity index (χ2n) is 5.79. The smallest absolute Gasteiger partial charge is 0.296 e. The normalized spacial score (nSPS) is 10.5. The van der Waals surface area contributed by atoms with Gasteiger partial charge in [0, 0.05) is 11.6 Å². The highest BCUT2D eigenvalue weighted by Gasteiger charge is 2.24. The fourth-order valence-corrected chi connectivity index (χ4v) is 2.80. The van der Waals surface area contributed by atoms with Crippen LogP contribution >= 0.6 is 15.9 Å². The summed E-state index contributed by atoms with van der Waals surface area (Å²) < 4.78 is 16.9. The SMILES string of the molecule is CCCOc1cc(NC(=O)c2oc(Br)cc2C)c([N+](=O)[O-])cc1OCCC. The van der Waals surface area contributed by atoms with E-state index >= 15 is 0 Å². The van der Waals surface area contributed by atoms with E-state index in [1.165, 1.54) is 12.1 Å². The number of carbonyl (C=O) groups excluding carboxylic acids is 1. The topological polar surface area (TPSA) is 104 Å². The Morgan fingerprint density at radius 1 is 1.19 bits per heavy atom. The van der Waals surface area contributed by atoms with E-state index in [-0.39, 0.29) is 22.9 Å². The van der Waals surface area contributed by atoms with Crippen LogP contribution in [0, 0.1) is 17.0 Å². The second-order valence-corrected chi connectivity index (χ2v) is 6.57. The van der Waals surface area contributed by atoms with Gasteiger partial charge in [-0.1, -0.05) is 13.8 Å². The first-order chi connectivity index (χ1) is 12.9. The van der Waals surface area contributed by atoms with Crippen LogP contribution in [-0.2, 0) is 0 Å². The van der Waals surface area contributed by atoms with Gasteiger partial charge in [0.2, 0.25) is 0 Å². The zero-order chi connectivity index (χ0) is 20.0. The lowest BCUT2D eigenvalue weighted by molar-refractivity contribution is -0.384. The van der Waals surface area contributed by atoms with E-state index in [1.807, 2.05) is 13.8 Å². The van der Waals surface area contributed by atoms with Gasteiger partial charge in [0.05, 0.1) is 24.2 Å². The molecule has 146 valence electrons. The molecule has 0 aliphatic carbocycles. The number of halogens is 1. The summed E-state index contributed by atoms with van der Waals surface area (Å²) in [4.78, 5) is 23.4. The molecule has 1 heterocycles. The fraction of sp³-hybridized carbons (Fsp3) is 0.389. The number of hydrogen-bond acceptors (Lipinski definition) is 6. The van der Waals surface area contributed by atoms with Gasteiger partial charge in [0.1, 0.15) is 5.69 Å². The molecular formula is C18H21BrN2O6. The van der Waals surface area contributed by atoms with Crippen molar-refractivity contribution in [3.05, 3.63) is 44.3 Å². The summed E-state index contributed by atoms with van der Waals surface area (Å²) in [6.07, 6.45) is 1.50. The molecule has 0 atom stereocenters. The number of nitrogens with one attached hydrogen (secondary N) is 1. The number of benzene rings is 1. The van der Waals surface area contributed by atoms with Crippen LogP contribution < -0.4 is 14.8 Å². The van der Waals surface area contributed by atoms with E-state index in [9.17, 15) is 14.9 Å². The molecule has 9 heteroatoms. The van der Waals surface area contributed by atoms with Crippen LogP contribution in [-0.4, -0.2) is 24.0 Å². The van der Waals surface area contributed by atoms with Crippen LogP contribution in [0.4, 0.5) is 11.4 Å². The molecule has 0 unspecified atom stereocenters. The zero-order valence-corrected chi connectivity index (χ0v) is 16.9. The van der Waals surface area contributed by atoms with Gasteiger partial charge >= 0.3 is 0 Å². The number of rotatable bonds is 9. The van der Waals surface area contributed by atoms with Crippen molar-refractivity contribution in [2.24, 2.45) is 0 Å².